The van der Waals surface area contributed by atoms with Crippen molar-refractivity contribution >= 4 is 10.8 Å². The van der Waals surface area contributed by atoms with Crippen LogP contribution >= 0.6 is 0 Å². The van der Waals surface area contributed by atoms with E-state index in [1.165, 1.54) is 11.5 Å². The van der Waals surface area contributed by atoms with Crippen molar-refractivity contribution in [2.24, 2.45) is 5.92 Å². The fourth-order valence-corrected chi connectivity index (χ4v) is 4.94. The first-order valence-corrected chi connectivity index (χ1v) is 11.7. The van der Waals surface area contributed by atoms with Crippen LogP contribution in [0.25, 0.3) is 33.0 Å². The third kappa shape index (κ3) is 4.85. The van der Waals surface area contributed by atoms with Gasteiger partial charge in [-0.25, -0.2) is 22.0 Å². The van der Waals surface area contributed by atoms with E-state index in [4.69, 9.17) is 0 Å². The minimum Gasteiger partial charge on any atom is -0.206 e. The van der Waals surface area contributed by atoms with E-state index in [2.05, 4.69) is 6.92 Å². The highest BCUT2D eigenvalue weighted by molar-refractivity contribution is 5.90. The predicted molar refractivity (Wildman–Crippen MR) is 129 cm³/mol. The molecule has 1 aliphatic carbocycles. The maximum Gasteiger partial charge on any atom is 0.458 e. The summed E-state index contributed by atoms with van der Waals surface area (Å²) in [6, 6.07) is 10.0. The fourth-order valence-electron chi connectivity index (χ4n) is 4.94. The molecular formula is C30H18F8. The highest BCUT2D eigenvalue weighted by atomic mass is 19.4. The van der Waals surface area contributed by atoms with Gasteiger partial charge in [-0.1, -0.05) is 31.0 Å². The molecule has 4 aromatic carbocycles. The van der Waals surface area contributed by atoms with E-state index in [1.807, 2.05) is 12.1 Å². The highest BCUT2D eigenvalue weighted by Crippen LogP contribution is 2.36. The third-order valence-corrected chi connectivity index (χ3v) is 6.76. The first-order valence-electron chi connectivity index (χ1n) is 11.7. The Morgan fingerprint density at radius 3 is 2.11 bits per heavy atom. The van der Waals surface area contributed by atoms with Gasteiger partial charge in [0, 0.05) is 5.92 Å². The fraction of sp³-hybridized carbons (Fsp3) is 0.200. The largest absolute Gasteiger partial charge is 0.458 e. The highest BCUT2D eigenvalue weighted by Gasteiger charge is 2.25. The van der Waals surface area contributed by atoms with Crippen LogP contribution in [-0.4, -0.2) is 6.18 Å². The summed E-state index contributed by atoms with van der Waals surface area (Å²) in [6.45, 7) is 2.17. The second-order valence-corrected chi connectivity index (χ2v) is 9.50. The Bertz CT molecular complexity index is 1630. The van der Waals surface area contributed by atoms with Crippen molar-refractivity contribution in [1.29, 1.82) is 0 Å². The molecule has 0 fully saturated rings. The van der Waals surface area contributed by atoms with E-state index in [0.29, 0.717) is 23.6 Å². The van der Waals surface area contributed by atoms with Crippen LogP contribution in [0.3, 0.4) is 0 Å². The molecule has 0 aliphatic heterocycles. The molecule has 194 valence electrons. The number of hydrogen-bond donors (Lipinski definition) is 0. The summed E-state index contributed by atoms with van der Waals surface area (Å²) >= 11 is 0. The van der Waals surface area contributed by atoms with Crippen molar-refractivity contribution in [2.75, 3.05) is 0 Å². The van der Waals surface area contributed by atoms with Gasteiger partial charge < -0.3 is 0 Å². The number of aryl methyl sites for hydroxylation is 1. The van der Waals surface area contributed by atoms with Crippen molar-refractivity contribution in [3.8, 4) is 34.1 Å². The molecule has 5 rings (SSSR count). The monoisotopic (exact) mass is 530 g/mol. The van der Waals surface area contributed by atoms with Gasteiger partial charge in [-0.3, -0.25) is 0 Å². The standard InChI is InChI=1S/C30H18F8/c1-15-2-3-17-9-18(5-4-16(17)8-15)19-11-24(32)27(25(33)12-19)20-10-21-13-23(31)22(6-7-30(36,37)38)29(35)28(21)26(34)14-20/h4-5,9-15H,2-3,8H2,1H3. The molecule has 0 heterocycles. The zero-order chi connectivity index (χ0) is 27.4. The molecule has 0 saturated heterocycles. The minimum absolute atomic E-state index is 0.274. The lowest BCUT2D eigenvalue weighted by atomic mass is 9.83. The lowest BCUT2D eigenvalue weighted by Crippen LogP contribution is -2.11. The van der Waals surface area contributed by atoms with E-state index >= 15 is 8.78 Å². The quantitative estimate of drug-likeness (QED) is 0.179. The zero-order valence-electron chi connectivity index (χ0n) is 19.8. The predicted octanol–water partition coefficient (Wildman–Crippen LogP) is 8.91. The van der Waals surface area contributed by atoms with Crippen LogP contribution in [0.15, 0.2) is 48.5 Å². The lowest BCUT2D eigenvalue weighted by Gasteiger charge is -2.22. The van der Waals surface area contributed by atoms with E-state index < -0.39 is 57.2 Å². The molecule has 1 unspecified atom stereocenters. The van der Waals surface area contributed by atoms with Gasteiger partial charge in [0.15, 0.2) is 5.82 Å². The summed E-state index contributed by atoms with van der Waals surface area (Å²) in [5, 5.41) is -1.28. The molecule has 0 aromatic heterocycles. The molecule has 4 aromatic rings. The Hall–Kier alpha value is -3.86. The molecule has 0 bridgehead atoms. The van der Waals surface area contributed by atoms with Gasteiger partial charge in [0.05, 0.1) is 16.5 Å². The first-order chi connectivity index (χ1) is 17.9. The van der Waals surface area contributed by atoms with Crippen molar-refractivity contribution in [3.63, 3.8) is 0 Å². The lowest BCUT2D eigenvalue weighted by molar-refractivity contribution is -0.0696. The average Bonchev–Trinajstić information content (AvgIpc) is 2.82. The normalized spacial score (nSPS) is 15.2. The molecule has 0 spiro atoms. The van der Waals surface area contributed by atoms with Gasteiger partial charge in [-0.15, -0.1) is 0 Å². The van der Waals surface area contributed by atoms with Crippen molar-refractivity contribution in [1.82, 2.24) is 0 Å². The van der Waals surface area contributed by atoms with Gasteiger partial charge in [0.25, 0.3) is 0 Å². The Labute approximate surface area is 212 Å². The summed E-state index contributed by atoms with van der Waals surface area (Å²) in [4.78, 5) is 0. The van der Waals surface area contributed by atoms with Crippen molar-refractivity contribution < 1.29 is 35.1 Å². The Morgan fingerprint density at radius 1 is 0.737 bits per heavy atom. The summed E-state index contributed by atoms with van der Waals surface area (Å²) in [7, 11) is 0. The number of hydrogen-bond acceptors (Lipinski definition) is 0. The van der Waals surface area contributed by atoms with E-state index in [0.717, 1.165) is 48.9 Å². The van der Waals surface area contributed by atoms with Gasteiger partial charge in [0.1, 0.15) is 23.3 Å². The molecule has 8 heteroatoms. The zero-order valence-corrected chi connectivity index (χ0v) is 19.8. The van der Waals surface area contributed by atoms with E-state index in [1.54, 1.807) is 6.07 Å². The molecular weight excluding hydrogens is 512 g/mol. The maximum atomic E-state index is 15.2. The molecule has 0 saturated carbocycles. The summed E-state index contributed by atoms with van der Waals surface area (Å²) < 4.78 is 112. The second kappa shape index (κ2) is 9.46. The Balaban J connectivity index is 1.58. The van der Waals surface area contributed by atoms with Crippen LogP contribution < -0.4 is 0 Å². The Morgan fingerprint density at radius 2 is 1.42 bits per heavy atom. The van der Waals surface area contributed by atoms with Crippen molar-refractivity contribution in [3.05, 3.63) is 94.3 Å². The smallest absolute Gasteiger partial charge is 0.206 e. The summed E-state index contributed by atoms with van der Waals surface area (Å²) in [6.07, 6.45) is -2.21. The van der Waals surface area contributed by atoms with E-state index in [9.17, 15) is 26.3 Å². The maximum absolute atomic E-state index is 15.2. The molecule has 38 heavy (non-hydrogen) atoms. The number of halogens is 8. The summed E-state index contributed by atoms with van der Waals surface area (Å²) in [5.74, 6) is -3.84. The second-order valence-electron chi connectivity index (χ2n) is 9.50. The minimum atomic E-state index is -5.02. The van der Waals surface area contributed by atoms with Crippen LogP contribution in [0.4, 0.5) is 35.1 Å². The van der Waals surface area contributed by atoms with Gasteiger partial charge in [0.2, 0.25) is 0 Å². The third-order valence-electron chi connectivity index (χ3n) is 6.76. The molecule has 0 amide bonds. The van der Waals surface area contributed by atoms with Crippen LogP contribution in [0.5, 0.6) is 0 Å². The number of fused-ring (bicyclic) bond motifs is 2. The van der Waals surface area contributed by atoms with Gasteiger partial charge >= 0.3 is 6.18 Å². The van der Waals surface area contributed by atoms with Crippen LogP contribution in [0.1, 0.15) is 30.0 Å². The number of alkyl halides is 3. The van der Waals surface area contributed by atoms with Crippen LogP contribution in [-0.2, 0) is 12.8 Å². The van der Waals surface area contributed by atoms with E-state index in [-0.39, 0.29) is 11.1 Å². The van der Waals surface area contributed by atoms with Crippen LogP contribution in [0, 0.1) is 46.8 Å². The van der Waals surface area contributed by atoms with Crippen molar-refractivity contribution in [2.45, 2.75) is 32.4 Å². The Kier molecular flexibility index (Phi) is 6.42. The molecule has 1 atom stereocenters. The average molecular weight is 530 g/mol. The number of rotatable bonds is 2. The van der Waals surface area contributed by atoms with Gasteiger partial charge in [-0.05, 0) is 88.7 Å². The molecule has 0 radical (unpaired) electrons. The number of benzene rings is 4. The SMILES string of the molecule is CC1CCc2cc(-c3cc(F)c(-c4cc(F)c5c(F)c(C#CC(F)(F)F)c(F)cc5c4)c(F)c3)ccc2C1. The molecule has 0 N–H and O–H groups in total. The first kappa shape index (κ1) is 25.8. The summed E-state index contributed by atoms with van der Waals surface area (Å²) in [5.41, 5.74) is 1.00. The van der Waals surface area contributed by atoms with Gasteiger partial charge in [-0.2, -0.15) is 13.2 Å². The topological polar surface area (TPSA) is 0 Å². The molecule has 1 aliphatic rings. The van der Waals surface area contributed by atoms with Crippen LogP contribution in [0.2, 0.25) is 0 Å². The molecule has 0 nitrogen and oxygen atoms in total.